The first-order valence-corrected chi connectivity index (χ1v) is 14.6. The average Bonchev–Trinajstić information content (AvgIpc) is 2.85. The summed E-state index contributed by atoms with van der Waals surface area (Å²) in [6.07, 6.45) is -4.66. The highest BCUT2D eigenvalue weighted by Crippen LogP contribution is 2.27. The average molecular weight is 557 g/mol. The molecular weight excluding hydrogens is 528 g/mol. The molecular formula is C23H28N2O10S2. The quantitative estimate of drug-likeness (QED) is 0.257. The van der Waals surface area contributed by atoms with Crippen molar-refractivity contribution in [3.63, 3.8) is 0 Å². The fraction of sp³-hybridized carbons (Fsp3) is 0.391. The van der Waals surface area contributed by atoms with E-state index in [1.54, 1.807) is 25.1 Å². The van der Waals surface area contributed by atoms with Gasteiger partial charge in [-0.15, -0.1) is 4.83 Å². The van der Waals surface area contributed by atoms with E-state index in [0.29, 0.717) is 0 Å². The van der Waals surface area contributed by atoms with Gasteiger partial charge < -0.3 is 18.9 Å². The first-order valence-electron chi connectivity index (χ1n) is 11.1. The topological polar surface area (TPSA) is 163 Å². The minimum atomic E-state index is -5.07. The Balaban J connectivity index is 1.93. The molecule has 1 saturated heterocycles. The van der Waals surface area contributed by atoms with Gasteiger partial charge in [-0.3, -0.25) is 4.79 Å². The summed E-state index contributed by atoms with van der Waals surface area (Å²) in [7, 11) is -8.69. The lowest BCUT2D eigenvalue weighted by atomic mass is 9.97. The molecule has 1 aliphatic heterocycles. The van der Waals surface area contributed by atoms with Crippen LogP contribution in [0.15, 0.2) is 59.5 Å². The molecule has 0 radical (unpaired) electrons. The maximum atomic E-state index is 12.9. The predicted molar refractivity (Wildman–Crippen MR) is 130 cm³/mol. The summed E-state index contributed by atoms with van der Waals surface area (Å²) in [5.74, 6) is -1.53. The van der Waals surface area contributed by atoms with Gasteiger partial charge in [-0.1, -0.05) is 35.9 Å². The Morgan fingerprint density at radius 2 is 1.54 bits per heavy atom. The van der Waals surface area contributed by atoms with Crippen LogP contribution in [0.3, 0.4) is 0 Å². The van der Waals surface area contributed by atoms with Crippen LogP contribution < -0.4 is 10.3 Å². The lowest BCUT2D eigenvalue weighted by Crippen LogP contribution is -2.67. The van der Waals surface area contributed by atoms with Crippen LogP contribution in [0.25, 0.3) is 0 Å². The van der Waals surface area contributed by atoms with Gasteiger partial charge >= 0.3 is 21.0 Å². The number of hydrogen-bond donors (Lipinski definition) is 2. The standard InChI is InChI=1S/C23H28N2O10S2/c1-14-10-12-18(13-11-14)36(28,29)37(30,31)25-24-19-20(34-16(3)26)15(2)33-23(32-4)21(19)35-22(27)17-8-6-5-7-9-17/h5-13,15,19-21,23-25H,1-4H3/t15-,19-,20+,21-,23+/m0/s1. The lowest BCUT2D eigenvalue weighted by Gasteiger charge is -2.44. The molecule has 5 atom stereocenters. The van der Waals surface area contributed by atoms with Crippen LogP contribution in [-0.4, -0.2) is 66.5 Å². The molecule has 3 rings (SSSR count). The molecule has 0 spiro atoms. The van der Waals surface area contributed by atoms with E-state index in [9.17, 15) is 26.4 Å². The largest absolute Gasteiger partial charge is 0.458 e. The number of aryl methyl sites for hydroxylation is 1. The second-order valence-electron chi connectivity index (χ2n) is 8.25. The molecule has 0 bridgehead atoms. The van der Waals surface area contributed by atoms with E-state index in [1.807, 2.05) is 4.83 Å². The number of esters is 2. The first-order chi connectivity index (χ1) is 17.4. The zero-order valence-electron chi connectivity index (χ0n) is 20.5. The minimum absolute atomic E-state index is 0.182. The molecule has 2 aromatic rings. The van der Waals surface area contributed by atoms with Gasteiger partial charge in [-0.2, -0.15) is 8.42 Å². The van der Waals surface area contributed by atoms with Crippen LogP contribution in [-0.2, 0) is 41.7 Å². The summed E-state index contributed by atoms with van der Waals surface area (Å²) in [6, 6.07) is 11.8. The van der Waals surface area contributed by atoms with E-state index in [2.05, 4.69) is 5.43 Å². The molecule has 0 aromatic heterocycles. The first kappa shape index (κ1) is 28.7. The maximum absolute atomic E-state index is 12.9. The zero-order chi connectivity index (χ0) is 27.4. The van der Waals surface area contributed by atoms with Crippen LogP contribution in [0.1, 0.15) is 29.8 Å². The highest BCUT2D eigenvalue weighted by atomic mass is 33.2. The summed E-state index contributed by atoms with van der Waals surface area (Å²) in [5.41, 5.74) is 3.29. The van der Waals surface area contributed by atoms with Crippen molar-refractivity contribution in [2.24, 2.45) is 0 Å². The fourth-order valence-corrected chi connectivity index (χ4v) is 6.33. The summed E-state index contributed by atoms with van der Waals surface area (Å²) in [4.78, 5) is 26.0. The maximum Gasteiger partial charge on any atom is 0.338 e. The number of methoxy groups -OCH3 is 1. The molecule has 0 amide bonds. The molecule has 0 aliphatic carbocycles. The van der Waals surface area contributed by atoms with Crippen molar-refractivity contribution >= 4 is 29.9 Å². The van der Waals surface area contributed by atoms with Gasteiger partial charge in [-0.05, 0) is 38.1 Å². The number of ether oxygens (including phenoxy) is 4. The van der Waals surface area contributed by atoms with Crippen molar-refractivity contribution in [3.8, 4) is 0 Å². The highest BCUT2D eigenvalue weighted by molar-refractivity contribution is 8.66. The third-order valence-electron chi connectivity index (χ3n) is 5.52. The molecule has 12 nitrogen and oxygen atoms in total. The SMILES string of the molecule is CO[C@@H]1O[C@@H](C)[C@@H](OC(C)=O)[C@H](NNS(=O)(=O)S(=O)(=O)c2ccc(C)cc2)[C@@H]1OC(=O)c1ccccc1. The van der Waals surface area contributed by atoms with Crippen molar-refractivity contribution in [3.05, 3.63) is 65.7 Å². The molecule has 2 N–H and O–H groups in total. The number of nitrogens with one attached hydrogen (secondary N) is 2. The van der Waals surface area contributed by atoms with Crippen molar-refractivity contribution in [2.45, 2.75) is 56.3 Å². The van der Waals surface area contributed by atoms with Gasteiger partial charge in [0.1, 0.15) is 12.1 Å². The Bertz CT molecular complexity index is 1320. The third kappa shape index (κ3) is 6.52. The van der Waals surface area contributed by atoms with Gasteiger partial charge in [0.2, 0.25) is 0 Å². The Morgan fingerprint density at radius 1 is 0.919 bits per heavy atom. The fourth-order valence-electron chi connectivity index (χ4n) is 3.65. The molecule has 0 saturated carbocycles. The summed E-state index contributed by atoms with van der Waals surface area (Å²) >= 11 is 0. The van der Waals surface area contributed by atoms with Crippen LogP contribution in [0, 0.1) is 6.92 Å². The molecule has 202 valence electrons. The monoisotopic (exact) mass is 556 g/mol. The molecule has 2 aromatic carbocycles. The van der Waals surface area contributed by atoms with E-state index < -0.39 is 65.4 Å². The number of rotatable bonds is 9. The summed E-state index contributed by atoms with van der Waals surface area (Å²) in [5, 5.41) is 0. The van der Waals surface area contributed by atoms with Gasteiger partial charge in [0.15, 0.2) is 12.4 Å². The van der Waals surface area contributed by atoms with E-state index in [0.717, 1.165) is 24.6 Å². The van der Waals surface area contributed by atoms with E-state index >= 15 is 0 Å². The van der Waals surface area contributed by atoms with Crippen molar-refractivity contribution < 1.29 is 45.4 Å². The number of hydrogen-bond acceptors (Lipinski definition) is 11. The lowest BCUT2D eigenvalue weighted by molar-refractivity contribution is -0.265. The van der Waals surface area contributed by atoms with E-state index in [-0.39, 0.29) is 5.56 Å². The van der Waals surface area contributed by atoms with Crippen LogP contribution in [0.5, 0.6) is 0 Å². The third-order valence-corrected chi connectivity index (χ3v) is 9.88. The van der Waals surface area contributed by atoms with Crippen molar-refractivity contribution in [1.82, 2.24) is 10.3 Å². The predicted octanol–water partition coefficient (Wildman–Crippen LogP) is 1.02. The van der Waals surface area contributed by atoms with Gasteiger partial charge in [0.25, 0.3) is 8.87 Å². The smallest absolute Gasteiger partial charge is 0.338 e. The van der Waals surface area contributed by atoms with E-state index in [1.165, 1.54) is 38.3 Å². The van der Waals surface area contributed by atoms with Crippen LogP contribution in [0.4, 0.5) is 0 Å². The molecule has 1 fully saturated rings. The molecule has 1 aliphatic rings. The van der Waals surface area contributed by atoms with Crippen molar-refractivity contribution in [2.75, 3.05) is 7.11 Å². The Labute approximate surface area is 214 Å². The number of carbonyl (C=O) groups is 2. The molecule has 1 heterocycles. The van der Waals surface area contributed by atoms with Crippen LogP contribution in [0.2, 0.25) is 0 Å². The number of hydrazine groups is 1. The second-order valence-corrected chi connectivity index (χ2v) is 13.4. The summed E-state index contributed by atoms with van der Waals surface area (Å²) in [6.45, 7) is 4.37. The Kier molecular flexibility index (Phi) is 9.05. The number of carbonyl (C=O) groups excluding carboxylic acids is 2. The number of benzene rings is 2. The van der Waals surface area contributed by atoms with Gasteiger partial charge in [0.05, 0.1) is 16.6 Å². The van der Waals surface area contributed by atoms with Gasteiger partial charge in [-0.25, -0.2) is 18.6 Å². The minimum Gasteiger partial charge on any atom is -0.458 e. The zero-order valence-corrected chi connectivity index (χ0v) is 22.1. The second kappa shape index (κ2) is 11.7. The van der Waals surface area contributed by atoms with Crippen LogP contribution >= 0.6 is 0 Å². The van der Waals surface area contributed by atoms with Crippen molar-refractivity contribution in [1.29, 1.82) is 0 Å². The Hall–Kier alpha value is -2.88. The highest BCUT2D eigenvalue weighted by Gasteiger charge is 2.49. The normalized spacial score (nSPS) is 24.3. The van der Waals surface area contributed by atoms with Gasteiger partial charge in [0, 0.05) is 14.0 Å². The molecule has 37 heavy (non-hydrogen) atoms. The summed E-state index contributed by atoms with van der Waals surface area (Å²) < 4.78 is 73.2. The van der Waals surface area contributed by atoms with E-state index in [4.69, 9.17) is 18.9 Å². The Morgan fingerprint density at radius 3 is 2.11 bits per heavy atom. The molecule has 0 unspecified atom stereocenters. The molecule has 14 heteroatoms.